The summed E-state index contributed by atoms with van der Waals surface area (Å²) in [6, 6.07) is 15.7. The molecule has 2 aromatic carbocycles. The van der Waals surface area contributed by atoms with E-state index < -0.39 is 16.1 Å². The molecule has 2 N–H and O–H groups in total. The van der Waals surface area contributed by atoms with Crippen LogP contribution in [-0.4, -0.2) is 76.5 Å². The Morgan fingerprint density at radius 2 is 1.64 bits per heavy atom. The molecule has 0 unspecified atom stereocenters. The maximum atomic E-state index is 12.5. The van der Waals surface area contributed by atoms with E-state index in [0.717, 1.165) is 45.7 Å². The van der Waals surface area contributed by atoms with E-state index in [4.69, 9.17) is 4.74 Å². The van der Waals surface area contributed by atoms with Gasteiger partial charge in [0.2, 0.25) is 15.9 Å². The molecule has 3 rings (SSSR count). The van der Waals surface area contributed by atoms with Gasteiger partial charge in [0.1, 0.15) is 5.75 Å². The lowest BCUT2D eigenvalue weighted by Crippen LogP contribution is -2.47. The second-order valence-electron chi connectivity index (χ2n) is 8.27. The maximum Gasteiger partial charge on any atom is 0.241 e. The molecule has 33 heavy (non-hydrogen) atoms. The molecule has 0 aromatic heterocycles. The molecule has 8 nitrogen and oxygen atoms in total. The molecule has 2 aromatic rings. The van der Waals surface area contributed by atoms with Crippen LogP contribution in [0, 0.1) is 0 Å². The molecule has 0 radical (unpaired) electrons. The summed E-state index contributed by atoms with van der Waals surface area (Å²) >= 11 is 0. The number of ether oxygens (including phenoxy) is 1. The highest BCUT2D eigenvalue weighted by molar-refractivity contribution is 7.89. The van der Waals surface area contributed by atoms with Gasteiger partial charge in [-0.25, -0.2) is 8.42 Å². The molecule has 0 saturated carbocycles. The first kappa shape index (κ1) is 25.2. The molecular formula is C24H34N4O4S. The van der Waals surface area contributed by atoms with Crippen molar-refractivity contribution in [3.05, 3.63) is 60.2 Å². The number of hydrogen-bond donors (Lipinski definition) is 2. The standard InChI is InChI=1S/C24H34N4O4S/c1-20(26-33(30,31)23-11-9-22(32-2)10-12-23)24(29)25-13-6-14-27-15-17-28(18-16-27)19-21-7-4-3-5-8-21/h3-5,7-12,20,26H,6,13-19H2,1-2H3,(H,25,29)/t20-/m0/s1. The van der Waals surface area contributed by atoms with Gasteiger partial charge in [-0.3, -0.25) is 9.69 Å². The molecular weight excluding hydrogens is 440 g/mol. The lowest BCUT2D eigenvalue weighted by atomic mass is 10.2. The van der Waals surface area contributed by atoms with Gasteiger partial charge in [0.25, 0.3) is 0 Å². The number of benzene rings is 2. The van der Waals surface area contributed by atoms with Crippen LogP contribution in [0.2, 0.25) is 0 Å². The average molecular weight is 475 g/mol. The number of rotatable bonds is 11. The van der Waals surface area contributed by atoms with Gasteiger partial charge in [0, 0.05) is 39.3 Å². The highest BCUT2D eigenvalue weighted by Gasteiger charge is 2.22. The first-order chi connectivity index (χ1) is 15.9. The third-order valence-electron chi connectivity index (χ3n) is 5.76. The number of nitrogens with one attached hydrogen (secondary N) is 2. The van der Waals surface area contributed by atoms with Crippen molar-refractivity contribution in [3.63, 3.8) is 0 Å². The number of sulfonamides is 1. The Hall–Kier alpha value is -2.46. The minimum absolute atomic E-state index is 0.0920. The molecule has 1 aliphatic rings. The van der Waals surface area contributed by atoms with Crippen molar-refractivity contribution >= 4 is 15.9 Å². The van der Waals surface area contributed by atoms with Crippen LogP contribution in [0.15, 0.2) is 59.5 Å². The number of carbonyl (C=O) groups is 1. The molecule has 1 aliphatic heterocycles. The number of amides is 1. The molecule has 1 amide bonds. The Kier molecular flexibility index (Phi) is 9.25. The fraction of sp³-hybridized carbons (Fsp3) is 0.458. The number of methoxy groups -OCH3 is 1. The van der Waals surface area contributed by atoms with Crippen LogP contribution in [-0.2, 0) is 21.4 Å². The van der Waals surface area contributed by atoms with E-state index in [2.05, 4.69) is 44.1 Å². The predicted molar refractivity (Wildman–Crippen MR) is 129 cm³/mol. The van der Waals surface area contributed by atoms with E-state index in [9.17, 15) is 13.2 Å². The molecule has 1 fully saturated rings. The summed E-state index contributed by atoms with van der Waals surface area (Å²) in [5, 5.41) is 2.83. The van der Waals surface area contributed by atoms with Crippen LogP contribution in [0.1, 0.15) is 18.9 Å². The first-order valence-electron chi connectivity index (χ1n) is 11.3. The normalized spacial score (nSPS) is 16.3. The van der Waals surface area contributed by atoms with Gasteiger partial charge in [0.05, 0.1) is 18.0 Å². The highest BCUT2D eigenvalue weighted by atomic mass is 32.2. The fourth-order valence-electron chi connectivity index (χ4n) is 3.79. The van der Waals surface area contributed by atoms with E-state index in [1.54, 1.807) is 19.1 Å². The van der Waals surface area contributed by atoms with E-state index in [1.165, 1.54) is 24.8 Å². The Morgan fingerprint density at radius 3 is 2.27 bits per heavy atom. The Morgan fingerprint density at radius 1 is 1.00 bits per heavy atom. The number of piperazine rings is 1. The van der Waals surface area contributed by atoms with E-state index in [0.29, 0.717) is 12.3 Å². The third kappa shape index (κ3) is 7.82. The summed E-state index contributed by atoms with van der Waals surface area (Å²) in [4.78, 5) is 17.3. The van der Waals surface area contributed by atoms with Crippen LogP contribution in [0.3, 0.4) is 0 Å². The highest BCUT2D eigenvalue weighted by Crippen LogP contribution is 2.15. The Labute approximate surface area is 197 Å². The molecule has 0 aliphatic carbocycles. The van der Waals surface area contributed by atoms with Gasteiger partial charge in [-0.1, -0.05) is 30.3 Å². The molecule has 0 bridgehead atoms. The monoisotopic (exact) mass is 474 g/mol. The lowest BCUT2D eigenvalue weighted by Gasteiger charge is -2.34. The van der Waals surface area contributed by atoms with Crippen molar-refractivity contribution in [1.82, 2.24) is 19.8 Å². The van der Waals surface area contributed by atoms with Crippen molar-refractivity contribution in [1.29, 1.82) is 0 Å². The molecule has 9 heteroatoms. The zero-order valence-electron chi connectivity index (χ0n) is 19.4. The van der Waals surface area contributed by atoms with Gasteiger partial charge < -0.3 is 15.0 Å². The van der Waals surface area contributed by atoms with Crippen LogP contribution >= 0.6 is 0 Å². The SMILES string of the molecule is COc1ccc(S(=O)(=O)N[C@@H](C)C(=O)NCCCN2CCN(Cc3ccccc3)CC2)cc1. The molecule has 180 valence electrons. The topological polar surface area (TPSA) is 91.0 Å². The minimum atomic E-state index is -3.78. The van der Waals surface area contributed by atoms with Gasteiger partial charge in [-0.05, 0) is 49.7 Å². The second-order valence-corrected chi connectivity index (χ2v) is 9.98. The largest absolute Gasteiger partial charge is 0.497 e. The first-order valence-corrected chi connectivity index (χ1v) is 12.8. The molecule has 1 atom stereocenters. The summed E-state index contributed by atoms with van der Waals surface area (Å²) in [5.41, 5.74) is 1.34. The minimum Gasteiger partial charge on any atom is -0.497 e. The van der Waals surface area contributed by atoms with Crippen molar-refractivity contribution in [2.45, 2.75) is 30.8 Å². The van der Waals surface area contributed by atoms with Crippen LogP contribution in [0.25, 0.3) is 0 Å². The van der Waals surface area contributed by atoms with Gasteiger partial charge in [0.15, 0.2) is 0 Å². The number of hydrogen-bond acceptors (Lipinski definition) is 6. The van der Waals surface area contributed by atoms with Crippen molar-refractivity contribution in [2.24, 2.45) is 0 Å². The average Bonchev–Trinajstić information content (AvgIpc) is 2.83. The fourth-order valence-corrected chi connectivity index (χ4v) is 4.99. The van der Waals surface area contributed by atoms with Gasteiger partial charge in [-0.15, -0.1) is 0 Å². The summed E-state index contributed by atoms with van der Waals surface area (Å²) < 4.78 is 32.4. The van der Waals surface area contributed by atoms with E-state index in [-0.39, 0.29) is 10.8 Å². The van der Waals surface area contributed by atoms with Gasteiger partial charge >= 0.3 is 0 Å². The second kappa shape index (κ2) is 12.1. The van der Waals surface area contributed by atoms with Crippen LogP contribution in [0.4, 0.5) is 0 Å². The quantitative estimate of drug-likeness (QED) is 0.482. The van der Waals surface area contributed by atoms with Crippen LogP contribution < -0.4 is 14.8 Å². The molecule has 1 heterocycles. The smallest absolute Gasteiger partial charge is 0.241 e. The number of nitrogens with zero attached hydrogens (tertiary/aromatic N) is 2. The lowest BCUT2D eigenvalue weighted by molar-refractivity contribution is -0.122. The third-order valence-corrected chi connectivity index (χ3v) is 7.32. The zero-order valence-corrected chi connectivity index (χ0v) is 20.2. The van der Waals surface area contributed by atoms with E-state index >= 15 is 0 Å². The maximum absolute atomic E-state index is 12.5. The summed E-state index contributed by atoms with van der Waals surface area (Å²) in [5.74, 6) is 0.233. The Bertz CT molecular complexity index is 975. The van der Waals surface area contributed by atoms with E-state index in [1.807, 2.05) is 6.07 Å². The van der Waals surface area contributed by atoms with Crippen molar-refractivity contribution in [3.8, 4) is 5.75 Å². The van der Waals surface area contributed by atoms with Crippen molar-refractivity contribution < 1.29 is 17.9 Å². The number of carbonyl (C=O) groups excluding carboxylic acids is 1. The molecule has 1 saturated heterocycles. The van der Waals surface area contributed by atoms with Gasteiger partial charge in [-0.2, -0.15) is 4.72 Å². The van der Waals surface area contributed by atoms with Crippen LogP contribution in [0.5, 0.6) is 5.75 Å². The zero-order chi connectivity index (χ0) is 23.7. The molecule has 0 spiro atoms. The summed E-state index contributed by atoms with van der Waals surface area (Å²) in [7, 11) is -2.27. The Balaban J connectivity index is 1.33. The summed E-state index contributed by atoms with van der Waals surface area (Å²) in [6.45, 7) is 8.04. The van der Waals surface area contributed by atoms with Crippen molar-refractivity contribution in [2.75, 3.05) is 46.4 Å². The predicted octanol–water partition coefficient (Wildman–Crippen LogP) is 1.69. The summed E-state index contributed by atoms with van der Waals surface area (Å²) in [6.07, 6.45) is 0.822.